The Hall–Kier alpha value is -1.84. The van der Waals surface area contributed by atoms with Gasteiger partial charge < -0.3 is 9.72 Å². The zero-order valence-electron chi connectivity index (χ0n) is 10.9. The van der Waals surface area contributed by atoms with E-state index in [9.17, 15) is 0 Å². The Kier molecular flexibility index (Phi) is 2.40. The van der Waals surface area contributed by atoms with E-state index >= 15 is 0 Å². The van der Waals surface area contributed by atoms with Gasteiger partial charge in [-0.3, -0.25) is 0 Å². The standard InChI is InChI=1S/C14H17N3O/c1-14(2,3)11-8-15-13(18-11)12-16-9-6-4-5-7-10(9)17-12/h4-7,11H,8H2,1-3H3,(H,16,17)/t11-/m1/s1. The predicted octanol–water partition coefficient (Wildman–Crippen LogP) is 2.75. The predicted molar refractivity (Wildman–Crippen MR) is 71.8 cm³/mol. The van der Waals surface area contributed by atoms with Gasteiger partial charge in [-0.15, -0.1) is 0 Å². The molecule has 0 spiro atoms. The summed E-state index contributed by atoms with van der Waals surface area (Å²) in [7, 11) is 0. The maximum absolute atomic E-state index is 5.90. The lowest BCUT2D eigenvalue weighted by atomic mass is 9.89. The van der Waals surface area contributed by atoms with Crippen LogP contribution in [0.25, 0.3) is 11.0 Å². The van der Waals surface area contributed by atoms with Crippen molar-refractivity contribution in [3.63, 3.8) is 0 Å². The van der Waals surface area contributed by atoms with E-state index in [-0.39, 0.29) is 11.5 Å². The first-order chi connectivity index (χ1) is 8.54. The molecule has 0 bridgehead atoms. The van der Waals surface area contributed by atoms with Gasteiger partial charge in [-0.25, -0.2) is 9.98 Å². The van der Waals surface area contributed by atoms with Crippen molar-refractivity contribution in [1.82, 2.24) is 9.97 Å². The molecule has 0 saturated heterocycles. The van der Waals surface area contributed by atoms with Crippen LogP contribution in [-0.2, 0) is 4.74 Å². The Morgan fingerprint density at radius 3 is 2.72 bits per heavy atom. The van der Waals surface area contributed by atoms with Crippen LogP contribution in [0.15, 0.2) is 29.3 Å². The molecule has 2 aromatic rings. The highest BCUT2D eigenvalue weighted by Gasteiger charge is 2.32. The second-order valence-corrected chi connectivity index (χ2v) is 5.72. The van der Waals surface area contributed by atoms with Crippen molar-refractivity contribution >= 4 is 16.9 Å². The molecule has 2 heterocycles. The molecule has 1 aliphatic rings. The van der Waals surface area contributed by atoms with Crippen molar-refractivity contribution in [3.05, 3.63) is 30.1 Å². The number of hydrogen-bond acceptors (Lipinski definition) is 3. The highest BCUT2D eigenvalue weighted by Crippen LogP contribution is 2.27. The average Bonchev–Trinajstić information content (AvgIpc) is 2.94. The smallest absolute Gasteiger partial charge is 0.253 e. The summed E-state index contributed by atoms with van der Waals surface area (Å²) in [6.45, 7) is 7.19. The summed E-state index contributed by atoms with van der Waals surface area (Å²) < 4.78 is 5.90. The van der Waals surface area contributed by atoms with E-state index in [4.69, 9.17) is 4.74 Å². The Labute approximate surface area is 106 Å². The van der Waals surface area contributed by atoms with Gasteiger partial charge in [0.1, 0.15) is 6.10 Å². The molecule has 0 unspecified atom stereocenters. The molecule has 0 saturated carbocycles. The minimum absolute atomic E-state index is 0.0945. The molecule has 1 N–H and O–H groups in total. The lowest BCUT2D eigenvalue weighted by Crippen LogP contribution is -2.29. The molecule has 4 heteroatoms. The molecule has 3 rings (SSSR count). The quantitative estimate of drug-likeness (QED) is 0.837. The first-order valence-corrected chi connectivity index (χ1v) is 6.20. The maximum Gasteiger partial charge on any atom is 0.253 e. The van der Waals surface area contributed by atoms with Crippen molar-refractivity contribution in [2.45, 2.75) is 26.9 Å². The van der Waals surface area contributed by atoms with Crippen LogP contribution in [0, 0.1) is 5.41 Å². The zero-order valence-corrected chi connectivity index (χ0v) is 10.9. The summed E-state index contributed by atoms with van der Waals surface area (Å²) in [5.74, 6) is 1.36. The number of aliphatic imine (C=N–C) groups is 1. The Morgan fingerprint density at radius 2 is 2.06 bits per heavy atom. The van der Waals surface area contributed by atoms with Crippen molar-refractivity contribution in [2.75, 3.05) is 6.54 Å². The molecular formula is C14H17N3O. The van der Waals surface area contributed by atoms with E-state index in [1.54, 1.807) is 0 Å². The fraction of sp³-hybridized carbons (Fsp3) is 0.429. The van der Waals surface area contributed by atoms with Gasteiger partial charge in [-0.05, 0) is 12.1 Å². The van der Waals surface area contributed by atoms with Crippen molar-refractivity contribution < 1.29 is 4.74 Å². The number of fused-ring (bicyclic) bond motifs is 1. The summed E-state index contributed by atoms with van der Waals surface area (Å²) in [4.78, 5) is 12.2. The Bertz CT molecular complexity index is 574. The number of nitrogens with one attached hydrogen (secondary N) is 1. The summed E-state index contributed by atoms with van der Waals surface area (Å²) in [5, 5.41) is 0. The number of imidazole rings is 1. The van der Waals surface area contributed by atoms with Gasteiger partial charge >= 0.3 is 0 Å². The monoisotopic (exact) mass is 243 g/mol. The fourth-order valence-electron chi connectivity index (χ4n) is 2.01. The molecular weight excluding hydrogens is 226 g/mol. The second kappa shape index (κ2) is 3.83. The molecule has 1 aliphatic heterocycles. The number of nitrogens with zero attached hydrogens (tertiary/aromatic N) is 2. The van der Waals surface area contributed by atoms with Crippen molar-refractivity contribution in [3.8, 4) is 0 Å². The van der Waals surface area contributed by atoms with Crippen LogP contribution < -0.4 is 0 Å². The van der Waals surface area contributed by atoms with Gasteiger partial charge in [0, 0.05) is 5.41 Å². The fourth-order valence-corrected chi connectivity index (χ4v) is 2.01. The van der Waals surface area contributed by atoms with Crippen LogP contribution >= 0.6 is 0 Å². The third-order valence-electron chi connectivity index (χ3n) is 3.21. The van der Waals surface area contributed by atoms with Crippen LogP contribution in [0.4, 0.5) is 0 Å². The third kappa shape index (κ3) is 1.88. The Morgan fingerprint density at radius 1 is 1.28 bits per heavy atom. The number of para-hydroxylation sites is 2. The molecule has 94 valence electrons. The highest BCUT2D eigenvalue weighted by atomic mass is 16.5. The van der Waals surface area contributed by atoms with Gasteiger partial charge in [-0.2, -0.15) is 0 Å². The lowest BCUT2D eigenvalue weighted by Gasteiger charge is -2.25. The van der Waals surface area contributed by atoms with Crippen LogP contribution in [0.3, 0.4) is 0 Å². The topological polar surface area (TPSA) is 50.3 Å². The number of H-pyrrole nitrogens is 1. The first kappa shape index (κ1) is 11.3. The van der Waals surface area contributed by atoms with Crippen molar-refractivity contribution in [2.24, 2.45) is 10.4 Å². The Balaban J connectivity index is 1.88. The number of hydrogen-bond donors (Lipinski definition) is 1. The van der Waals surface area contributed by atoms with E-state index in [2.05, 4.69) is 35.7 Å². The molecule has 1 atom stereocenters. The SMILES string of the molecule is CC(C)(C)[C@H]1CN=C(c2nc3ccccc3[nH]2)O1. The molecule has 1 aromatic carbocycles. The first-order valence-electron chi connectivity index (χ1n) is 6.20. The minimum atomic E-state index is 0.0945. The average molecular weight is 243 g/mol. The number of aromatic nitrogens is 2. The molecule has 4 nitrogen and oxygen atoms in total. The maximum atomic E-state index is 5.90. The van der Waals surface area contributed by atoms with E-state index in [1.165, 1.54) is 0 Å². The largest absolute Gasteiger partial charge is 0.469 e. The number of benzene rings is 1. The molecule has 0 radical (unpaired) electrons. The molecule has 0 amide bonds. The van der Waals surface area contributed by atoms with Crippen LogP contribution in [0.2, 0.25) is 0 Å². The molecule has 0 fully saturated rings. The van der Waals surface area contributed by atoms with Gasteiger partial charge in [0.15, 0.2) is 5.82 Å². The van der Waals surface area contributed by atoms with Crippen LogP contribution in [0.5, 0.6) is 0 Å². The van der Waals surface area contributed by atoms with Crippen molar-refractivity contribution in [1.29, 1.82) is 0 Å². The van der Waals surface area contributed by atoms with E-state index in [0.717, 1.165) is 16.9 Å². The van der Waals surface area contributed by atoms with E-state index in [0.29, 0.717) is 12.4 Å². The summed E-state index contributed by atoms with van der Waals surface area (Å²) in [5.41, 5.74) is 2.05. The van der Waals surface area contributed by atoms with Crippen LogP contribution in [-0.4, -0.2) is 28.5 Å². The molecule has 0 aliphatic carbocycles. The minimum Gasteiger partial charge on any atom is -0.469 e. The van der Waals surface area contributed by atoms with Gasteiger partial charge in [0.2, 0.25) is 0 Å². The summed E-state index contributed by atoms with van der Waals surface area (Å²) in [6.07, 6.45) is 0.126. The van der Waals surface area contributed by atoms with Crippen LogP contribution in [0.1, 0.15) is 26.6 Å². The number of ether oxygens (including phenoxy) is 1. The zero-order chi connectivity index (χ0) is 12.8. The van der Waals surface area contributed by atoms with Gasteiger partial charge in [-0.1, -0.05) is 32.9 Å². The van der Waals surface area contributed by atoms with E-state index in [1.807, 2.05) is 24.3 Å². The summed E-state index contributed by atoms with van der Waals surface area (Å²) in [6, 6.07) is 7.94. The number of rotatable bonds is 1. The molecule has 1 aromatic heterocycles. The van der Waals surface area contributed by atoms with E-state index < -0.39 is 0 Å². The molecule has 18 heavy (non-hydrogen) atoms. The second-order valence-electron chi connectivity index (χ2n) is 5.72. The lowest BCUT2D eigenvalue weighted by molar-refractivity contribution is 0.103. The number of aromatic amines is 1. The van der Waals surface area contributed by atoms with Gasteiger partial charge in [0.05, 0.1) is 17.6 Å². The normalized spacial score (nSPS) is 19.9. The van der Waals surface area contributed by atoms with Gasteiger partial charge in [0.25, 0.3) is 5.90 Å². The summed E-state index contributed by atoms with van der Waals surface area (Å²) >= 11 is 0. The third-order valence-corrected chi connectivity index (χ3v) is 3.21. The highest BCUT2D eigenvalue weighted by molar-refractivity contribution is 5.95.